The van der Waals surface area contributed by atoms with E-state index in [1.165, 1.54) is 12.1 Å². The molecule has 1 saturated heterocycles. The average molecular weight is 240 g/mol. The Morgan fingerprint density at radius 3 is 2.76 bits per heavy atom. The lowest BCUT2D eigenvalue weighted by Gasteiger charge is -2.39. The van der Waals surface area contributed by atoms with Crippen LogP contribution < -0.4 is 5.73 Å². The van der Waals surface area contributed by atoms with E-state index in [1.807, 2.05) is 0 Å². The molecule has 0 aliphatic carbocycles. The Bertz CT molecular complexity index is 395. The Balaban J connectivity index is 2.31. The van der Waals surface area contributed by atoms with Crippen LogP contribution >= 0.6 is 0 Å². The first-order valence-corrected chi connectivity index (χ1v) is 6.08. The minimum Gasteiger partial charge on any atom is -0.326 e. The molecule has 0 amide bonds. The minimum atomic E-state index is -0.804. The van der Waals surface area contributed by atoms with E-state index in [0.29, 0.717) is 0 Å². The minimum absolute atomic E-state index is 0.00356. The molecule has 2 rings (SSSR count). The molecular formula is C13H18F2N2. The molecule has 1 aromatic rings. The van der Waals surface area contributed by atoms with E-state index >= 15 is 0 Å². The van der Waals surface area contributed by atoms with Gasteiger partial charge in [-0.05, 0) is 43.6 Å². The highest BCUT2D eigenvalue weighted by Crippen LogP contribution is 2.30. The fourth-order valence-electron chi connectivity index (χ4n) is 2.61. The van der Waals surface area contributed by atoms with E-state index < -0.39 is 11.6 Å². The van der Waals surface area contributed by atoms with Crippen LogP contribution in [0.3, 0.4) is 0 Å². The van der Waals surface area contributed by atoms with Gasteiger partial charge in [0.1, 0.15) is 0 Å². The number of halogens is 2. The van der Waals surface area contributed by atoms with Crippen molar-refractivity contribution < 1.29 is 8.78 Å². The summed E-state index contributed by atoms with van der Waals surface area (Å²) in [6.45, 7) is 3.90. The molecule has 1 aromatic carbocycles. The smallest absolute Gasteiger partial charge is 0.159 e. The number of hydrogen-bond donors (Lipinski definition) is 1. The zero-order valence-electron chi connectivity index (χ0n) is 10.00. The van der Waals surface area contributed by atoms with E-state index in [4.69, 9.17) is 5.73 Å². The first-order valence-electron chi connectivity index (χ1n) is 6.08. The molecule has 0 aromatic heterocycles. The van der Waals surface area contributed by atoms with Crippen LogP contribution in [-0.4, -0.2) is 24.0 Å². The zero-order valence-corrected chi connectivity index (χ0v) is 10.00. The third kappa shape index (κ3) is 2.48. The van der Waals surface area contributed by atoms with Gasteiger partial charge in [-0.15, -0.1) is 0 Å². The van der Waals surface area contributed by atoms with Crippen LogP contribution in [0.15, 0.2) is 18.2 Å². The number of hydrogen-bond acceptors (Lipinski definition) is 2. The molecule has 2 nitrogen and oxygen atoms in total. The van der Waals surface area contributed by atoms with Crippen molar-refractivity contribution in [2.45, 2.75) is 31.8 Å². The predicted molar refractivity (Wildman–Crippen MR) is 63.6 cm³/mol. The van der Waals surface area contributed by atoms with E-state index in [9.17, 15) is 8.78 Å². The third-order valence-electron chi connectivity index (χ3n) is 3.47. The van der Waals surface area contributed by atoms with Gasteiger partial charge in [-0.25, -0.2) is 8.78 Å². The van der Waals surface area contributed by atoms with Crippen LogP contribution in [0.5, 0.6) is 0 Å². The molecule has 2 atom stereocenters. The number of piperidine rings is 1. The second-order valence-electron chi connectivity index (χ2n) is 4.55. The third-order valence-corrected chi connectivity index (χ3v) is 3.47. The van der Waals surface area contributed by atoms with Crippen molar-refractivity contribution in [2.75, 3.05) is 13.1 Å². The molecule has 1 aliphatic heterocycles. The van der Waals surface area contributed by atoms with Gasteiger partial charge in [-0.1, -0.05) is 13.0 Å². The summed E-state index contributed by atoms with van der Waals surface area (Å²) < 4.78 is 26.2. The van der Waals surface area contributed by atoms with Crippen LogP contribution in [0.2, 0.25) is 0 Å². The number of rotatable bonds is 2. The van der Waals surface area contributed by atoms with Crippen LogP contribution in [0.25, 0.3) is 0 Å². The lowest BCUT2D eigenvalue weighted by atomic mass is 9.91. The SMILES string of the molecule is CCN1CCCC(N)C1c1ccc(F)c(F)c1. The van der Waals surface area contributed by atoms with Crippen molar-refractivity contribution in [3.05, 3.63) is 35.4 Å². The molecule has 1 fully saturated rings. The molecule has 0 saturated carbocycles. The van der Waals surface area contributed by atoms with Gasteiger partial charge in [0.2, 0.25) is 0 Å². The maximum absolute atomic E-state index is 13.3. The monoisotopic (exact) mass is 240 g/mol. The number of likely N-dealkylation sites (tertiary alicyclic amines) is 1. The molecule has 4 heteroatoms. The van der Waals surface area contributed by atoms with Crippen LogP contribution in [0.4, 0.5) is 8.78 Å². The molecule has 1 heterocycles. The maximum atomic E-state index is 13.3. The van der Waals surface area contributed by atoms with Gasteiger partial charge in [-0.2, -0.15) is 0 Å². The Morgan fingerprint density at radius 2 is 2.12 bits per heavy atom. The van der Waals surface area contributed by atoms with Crippen molar-refractivity contribution in [2.24, 2.45) is 5.73 Å². The van der Waals surface area contributed by atoms with Crippen LogP contribution in [0.1, 0.15) is 31.4 Å². The summed E-state index contributed by atoms with van der Waals surface area (Å²) in [6, 6.07) is 4.09. The Morgan fingerprint density at radius 1 is 1.35 bits per heavy atom. The predicted octanol–water partition coefficient (Wildman–Crippen LogP) is 2.45. The molecule has 1 aliphatic rings. The fraction of sp³-hybridized carbons (Fsp3) is 0.538. The number of nitrogens with zero attached hydrogens (tertiary/aromatic N) is 1. The Labute approximate surface area is 100 Å². The van der Waals surface area contributed by atoms with Gasteiger partial charge in [-0.3, -0.25) is 4.90 Å². The Hall–Kier alpha value is -1.00. The molecule has 0 spiro atoms. The number of benzene rings is 1. The lowest BCUT2D eigenvalue weighted by molar-refractivity contribution is 0.135. The second kappa shape index (κ2) is 5.10. The summed E-state index contributed by atoms with van der Waals surface area (Å²) >= 11 is 0. The quantitative estimate of drug-likeness (QED) is 0.860. The fourth-order valence-corrected chi connectivity index (χ4v) is 2.61. The van der Waals surface area contributed by atoms with Gasteiger partial charge in [0.05, 0.1) is 0 Å². The van der Waals surface area contributed by atoms with Crippen molar-refractivity contribution in [3.8, 4) is 0 Å². The van der Waals surface area contributed by atoms with Crippen LogP contribution in [0, 0.1) is 11.6 Å². The summed E-state index contributed by atoms with van der Waals surface area (Å²) in [5, 5.41) is 0. The first-order chi connectivity index (χ1) is 8.13. The van der Waals surface area contributed by atoms with Gasteiger partial charge in [0.25, 0.3) is 0 Å². The van der Waals surface area contributed by atoms with Crippen molar-refractivity contribution in [1.82, 2.24) is 4.90 Å². The maximum Gasteiger partial charge on any atom is 0.159 e. The average Bonchev–Trinajstić information content (AvgIpc) is 2.32. The normalized spacial score (nSPS) is 26.1. The molecule has 94 valence electrons. The standard InChI is InChI=1S/C13H18F2N2/c1-2-17-7-3-4-12(16)13(17)9-5-6-10(14)11(15)8-9/h5-6,8,12-13H,2-4,7,16H2,1H3. The summed E-state index contributed by atoms with van der Waals surface area (Å²) in [5.41, 5.74) is 6.88. The summed E-state index contributed by atoms with van der Waals surface area (Å²) in [5.74, 6) is -1.60. The molecule has 17 heavy (non-hydrogen) atoms. The van der Waals surface area contributed by atoms with Crippen molar-refractivity contribution in [1.29, 1.82) is 0 Å². The summed E-state index contributed by atoms with van der Waals surface area (Å²) in [7, 11) is 0. The highest BCUT2D eigenvalue weighted by molar-refractivity contribution is 5.23. The highest BCUT2D eigenvalue weighted by atomic mass is 19.2. The van der Waals surface area contributed by atoms with E-state index in [2.05, 4.69) is 11.8 Å². The van der Waals surface area contributed by atoms with Gasteiger partial charge < -0.3 is 5.73 Å². The lowest BCUT2D eigenvalue weighted by Crippen LogP contribution is -2.45. The van der Waals surface area contributed by atoms with E-state index in [-0.39, 0.29) is 12.1 Å². The second-order valence-corrected chi connectivity index (χ2v) is 4.55. The highest BCUT2D eigenvalue weighted by Gasteiger charge is 2.29. The van der Waals surface area contributed by atoms with E-state index in [0.717, 1.165) is 31.5 Å². The summed E-state index contributed by atoms with van der Waals surface area (Å²) in [6.07, 6.45) is 2.00. The number of likely N-dealkylation sites (N-methyl/N-ethyl adjacent to an activating group) is 1. The molecule has 0 bridgehead atoms. The van der Waals surface area contributed by atoms with Gasteiger partial charge in [0.15, 0.2) is 11.6 Å². The zero-order chi connectivity index (χ0) is 12.4. The molecule has 2 N–H and O–H groups in total. The van der Waals surface area contributed by atoms with Crippen molar-refractivity contribution >= 4 is 0 Å². The topological polar surface area (TPSA) is 29.3 Å². The first kappa shape index (κ1) is 12.5. The largest absolute Gasteiger partial charge is 0.326 e. The van der Waals surface area contributed by atoms with Crippen LogP contribution in [-0.2, 0) is 0 Å². The Kier molecular flexibility index (Phi) is 3.74. The van der Waals surface area contributed by atoms with E-state index in [1.54, 1.807) is 6.07 Å². The van der Waals surface area contributed by atoms with Crippen molar-refractivity contribution in [3.63, 3.8) is 0 Å². The molecular weight excluding hydrogens is 222 g/mol. The number of nitrogens with two attached hydrogens (primary N) is 1. The molecule has 0 radical (unpaired) electrons. The van der Waals surface area contributed by atoms with Gasteiger partial charge >= 0.3 is 0 Å². The van der Waals surface area contributed by atoms with Gasteiger partial charge in [0, 0.05) is 12.1 Å². The molecule has 2 unspecified atom stereocenters. The summed E-state index contributed by atoms with van der Waals surface area (Å²) in [4.78, 5) is 2.22.